The Morgan fingerprint density at radius 1 is 0.967 bits per heavy atom. The van der Waals surface area contributed by atoms with Crippen LogP contribution in [0.4, 0.5) is 11.4 Å². The molecular formula is C23H22N2O4S. The Morgan fingerprint density at radius 2 is 1.67 bits per heavy atom. The molecule has 0 atom stereocenters. The molecule has 0 aromatic heterocycles. The first-order valence-corrected chi connectivity index (χ1v) is 10.7. The van der Waals surface area contributed by atoms with Crippen molar-refractivity contribution in [2.75, 3.05) is 23.8 Å². The minimum atomic E-state index is -3.80. The van der Waals surface area contributed by atoms with E-state index in [1.807, 2.05) is 30.3 Å². The highest BCUT2D eigenvalue weighted by atomic mass is 32.2. The van der Waals surface area contributed by atoms with Crippen molar-refractivity contribution < 1.29 is 17.9 Å². The predicted octanol–water partition coefficient (Wildman–Crippen LogP) is 4.38. The van der Waals surface area contributed by atoms with Crippen LogP contribution in [0.5, 0.6) is 5.75 Å². The molecule has 0 spiro atoms. The van der Waals surface area contributed by atoms with Crippen molar-refractivity contribution in [1.82, 2.24) is 0 Å². The Balaban J connectivity index is 1.86. The normalized spacial score (nSPS) is 11.3. The van der Waals surface area contributed by atoms with E-state index in [9.17, 15) is 13.2 Å². The first-order chi connectivity index (χ1) is 14.4. The van der Waals surface area contributed by atoms with Gasteiger partial charge in [0.1, 0.15) is 5.75 Å². The van der Waals surface area contributed by atoms with Gasteiger partial charge in [0.05, 0.1) is 23.8 Å². The predicted molar refractivity (Wildman–Crippen MR) is 120 cm³/mol. The van der Waals surface area contributed by atoms with Crippen LogP contribution in [0.15, 0.2) is 84.3 Å². The molecule has 0 radical (unpaired) electrons. The summed E-state index contributed by atoms with van der Waals surface area (Å²) in [5.41, 5.74) is 1.82. The van der Waals surface area contributed by atoms with Gasteiger partial charge in [-0.25, -0.2) is 8.42 Å². The van der Waals surface area contributed by atoms with Gasteiger partial charge >= 0.3 is 0 Å². The van der Waals surface area contributed by atoms with Gasteiger partial charge in [-0.1, -0.05) is 48.5 Å². The van der Waals surface area contributed by atoms with Gasteiger partial charge < -0.3 is 10.1 Å². The van der Waals surface area contributed by atoms with Crippen molar-refractivity contribution in [3.8, 4) is 5.75 Å². The lowest BCUT2D eigenvalue weighted by molar-refractivity contribution is 0.102. The minimum Gasteiger partial charge on any atom is -0.497 e. The molecule has 1 N–H and O–H groups in total. The molecule has 0 aliphatic carbocycles. The number of hydrogen-bond acceptors (Lipinski definition) is 4. The van der Waals surface area contributed by atoms with E-state index in [0.717, 1.165) is 15.3 Å². The average molecular weight is 423 g/mol. The van der Waals surface area contributed by atoms with Crippen LogP contribution in [0, 0.1) is 0 Å². The first kappa shape index (κ1) is 21.1. The van der Waals surface area contributed by atoms with Crippen molar-refractivity contribution >= 4 is 33.4 Å². The van der Waals surface area contributed by atoms with Crippen LogP contribution in [-0.2, 0) is 10.0 Å². The lowest BCUT2D eigenvalue weighted by Gasteiger charge is -2.20. The maximum atomic E-state index is 12.9. The maximum Gasteiger partial charge on any atom is 0.257 e. The summed E-state index contributed by atoms with van der Waals surface area (Å²) >= 11 is 0. The molecular weight excluding hydrogens is 400 g/mol. The lowest BCUT2D eigenvalue weighted by Crippen LogP contribution is -2.27. The molecule has 3 aromatic carbocycles. The quantitative estimate of drug-likeness (QED) is 0.613. The number of carbonyl (C=O) groups excluding carboxylic acids is 1. The molecule has 1 amide bonds. The monoisotopic (exact) mass is 422 g/mol. The highest BCUT2D eigenvalue weighted by Gasteiger charge is 2.21. The molecule has 30 heavy (non-hydrogen) atoms. The van der Waals surface area contributed by atoms with Crippen LogP contribution >= 0.6 is 0 Å². The molecule has 154 valence electrons. The molecule has 0 bridgehead atoms. The van der Waals surface area contributed by atoms with Gasteiger partial charge in [0, 0.05) is 18.8 Å². The molecule has 0 aliphatic heterocycles. The van der Waals surface area contributed by atoms with Crippen LogP contribution in [0.2, 0.25) is 0 Å². The zero-order chi connectivity index (χ0) is 21.6. The Bertz CT molecular complexity index is 1160. The molecule has 0 saturated carbocycles. The molecule has 0 unspecified atom stereocenters. The number of benzene rings is 3. The number of amides is 1. The van der Waals surface area contributed by atoms with E-state index >= 15 is 0 Å². The first-order valence-electron chi connectivity index (χ1n) is 9.17. The molecule has 6 nitrogen and oxygen atoms in total. The van der Waals surface area contributed by atoms with Crippen molar-refractivity contribution in [1.29, 1.82) is 0 Å². The fourth-order valence-corrected chi connectivity index (χ4v) is 3.74. The van der Waals surface area contributed by atoms with E-state index in [2.05, 4.69) is 5.32 Å². The number of rotatable bonds is 7. The number of ether oxygens (including phenoxy) is 1. The molecule has 3 aromatic rings. The second-order valence-electron chi connectivity index (χ2n) is 6.43. The van der Waals surface area contributed by atoms with Gasteiger partial charge in [-0.2, -0.15) is 0 Å². The number of nitrogens with one attached hydrogen (secondary N) is 1. The van der Waals surface area contributed by atoms with Gasteiger partial charge in [0.25, 0.3) is 15.9 Å². The summed E-state index contributed by atoms with van der Waals surface area (Å²) < 4.78 is 31.9. The molecule has 0 heterocycles. The van der Waals surface area contributed by atoms with E-state index in [-0.39, 0.29) is 11.3 Å². The minimum absolute atomic E-state index is 0.236. The third-order valence-electron chi connectivity index (χ3n) is 4.43. The number of methoxy groups -OCH3 is 1. The number of para-hydroxylation sites is 1. The summed E-state index contributed by atoms with van der Waals surface area (Å²) in [6.07, 6.45) is 1.52. The zero-order valence-corrected chi connectivity index (χ0v) is 17.5. The van der Waals surface area contributed by atoms with Crippen molar-refractivity contribution in [2.45, 2.75) is 0 Å². The highest BCUT2D eigenvalue weighted by Crippen LogP contribution is 2.25. The van der Waals surface area contributed by atoms with Crippen LogP contribution in [0.1, 0.15) is 15.9 Å². The van der Waals surface area contributed by atoms with E-state index in [0.29, 0.717) is 11.4 Å². The summed E-state index contributed by atoms with van der Waals surface area (Å²) in [5.74, 6) is 0.180. The largest absolute Gasteiger partial charge is 0.497 e. The van der Waals surface area contributed by atoms with Crippen molar-refractivity contribution in [3.63, 3.8) is 0 Å². The molecule has 0 aliphatic rings. The zero-order valence-electron chi connectivity index (χ0n) is 16.6. The van der Waals surface area contributed by atoms with Gasteiger partial charge in [-0.3, -0.25) is 9.10 Å². The summed E-state index contributed by atoms with van der Waals surface area (Å²) in [5, 5.41) is 3.90. The van der Waals surface area contributed by atoms with Gasteiger partial charge in [-0.15, -0.1) is 0 Å². The molecule has 0 saturated heterocycles. The standard InChI is InChI=1S/C23H22N2O4S/c1-25(30(27,28)16-15-18-9-4-3-5-10-18)22-14-7-6-13-21(22)23(26)24-19-11-8-12-20(17-19)29-2/h3-17H,1-2H3,(H,24,26)/b16-15+. The van der Waals surface area contributed by atoms with Crippen LogP contribution in [0.25, 0.3) is 6.08 Å². The Hall–Kier alpha value is -3.58. The highest BCUT2D eigenvalue weighted by molar-refractivity contribution is 7.95. The topological polar surface area (TPSA) is 75.7 Å². The van der Waals surface area contributed by atoms with E-state index < -0.39 is 15.9 Å². The van der Waals surface area contributed by atoms with E-state index in [1.165, 1.54) is 13.1 Å². The number of anilines is 2. The summed E-state index contributed by atoms with van der Waals surface area (Å²) in [6, 6.07) is 22.6. The Kier molecular flexibility index (Phi) is 6.54. The number of hydrogen-bond donors (Lipinski definition) is 1. The van der Waals surface area contributed by atoms with Crippen LogP contribution < -0.4 is 14.4 Å². The summed E-state index contributed by atoms with van der Waals surface area (Å²) in [4.78, 5) is 12.9. The molecule has 7 heteroatoms. The SMILES string of the molecule is COc1cccc(NC(=O)c2ccccc2N(C)S(=O)(=O)/C=C/c2ccccc2)c1. The third kappa shape index (κ3) is 5.07. The lowest BCUT2D eigenvalue weighted by atomic mass is 10.1. The number of carbonyl (C=O) groups is 1. The molecule has 3 rings (SSSR count). The van der Waals surface area contributed by atoms with Crippen molar-refractivity contribution in [2.24, 2.45) is 0 Å². The van der Waals surface area contributed by atoms with Crippen LogP contribution in [-0.4, -0.2) is 28.5 Å². The second-order valence-corrected chi connectivity index (χ2v) is 8.28. The Morgan fingerprint density at radius 3 is 2.40 bits per heavy atom. The van der Waals surface area contributed by atoms with Gasteiger partial charge in [0.15, 0.2) is 0 Å². The summed E-state index contributed by atoms with van der Waals surface area (Å²) in [7, 11) is -0.839. The van der Waals surface area contributed by atoms with E-state index in [1.54, 1.807) is 55.6 Å². The fourth-order valence-electron chi connectivity index (χ4n) is 2.80. The molecule has 0 fully saturated rings. The van der Waals surface area contributed by atoms with Gasteiger partial charge in [-0.05, 0) is 35.9 Å². The third-order valence-corrected chi connectivity index (χ3v) is 5.87. The number of sulfonamides is 1. The van der Waals surface area contributed by atoms with Crippen LogP contribution in [0.3, 0.4) is 0 Å². The fraction of sp³-hybridized carbons (Fsp3) is 0.0870. The summed E-state index contributed by atoms with van der Waals surface area (Å²) in [6.45, 7) is 0. The number of nitrogens with zero attached hydrogens (tertiary/aromatic N) is 1. The maximum absolute atomic E-state index is 12.9. The average Bonchev–Trinajstić information content (AvgIpc) is 2.78. The van der Waals surface area contributed by atoms with E-state index in [4.69, 9.17) is 4.74 Å². The second kappa shape index (κ2) is 9.28. The smallest absolute Gasteiger partial charge is 0.257 e. The van der Waals surface area contributed by atoms with Crippen molar-refractivity contribution in [3.05, 3.63) is 95.4 Å². The van der Waals surface area contributed by atoms with Gasteiger partial charge in [0.2, 0.25) is 0 Å². The Labute approximate surface area is 176 Å².